The maximum absolute atomic E-state index is 13.2. The zero-order chi connectivity index (χ0) is 20.5. The van der Waals surface area contributed by atoms with Gasteiger partial charge in [0.05, 0.1) is 22.5 Å². The Kier molecular flexibility index (Phi) is 7.15. The SMILES string of the molecule is CC(=O)[N-]S(=O)(=O)c1ccc(N2N=C(C(F)(F)F)CC2c2ccccc2)cc1.[Na+]. The van der Waals surface area contributed by atoms with Crippen molar-refractivity contribution in [2.75, 3.05) is 5.01 Å². The number of rotatable bonds is 4. The molecule has 2 aromatic rings. The standard InChI is InChI=1S/C18H16F3N3O3S.Na/c1-12(25)23-28(26,27)15-9-7-14(8-10-15)24-16(13-5-3-2-4-6-13)11-17(22-24)18(19,20)21;/h2-10,16H,11H2,1H3,(H,23,25);/q;+1/p-1. The molecule has 0 N–H and O–H groups in total. The van der Waals surface area contributed by atoms with Crippen LogP contribution in [-0.4, -0.2) is 26.2 Å². The maximum Gasteiger partial charge on any atom is 1.00 e. The second-order valence-corrected chi connectivity index (χ2v) is 7.70. The third kappa shape index (κ3) is 5.39. The average Bonchev–Trinajstić information content (AvgIpc) is 3.07. The normalized spacial score (nSPS) is 16.8. The largest absolute Gasteiger partial charge is 1.00 e. The summed E-state index contributed by atoms with van der Waals surface area (Å²) in [6.45, 7) is 1.01. The monoisotopic (exact) mass is 433 g/mol. The van der Waals surface area contributed by atoms with E-state index in [-0.39, 0.29) is 46.6 Å². The number of carbonyl (C=O) groups excluding carboxylic acids is 1. The minimum absolute atomic E-state index is 0. The van der Waals surface area contributed by atoms with Gasteiger partial charge in [-0.05, 0) is 36.8 Å². The summed E-state index contributed by atoms with van der Waals surface area (Å²) < 4.78 is 66.6. The van der Waals surface area contributed by atoms with E-state index < -0.39 is 33.9 Å². The van der Waals surface area contributed by atoms with Gasteiger partial charge in [0.25, 0.3) is 0 Å². The van der Waals surface area contributed by atoms with E-state index in [1.54, 1.807) is 30.3 Å². The minimum atomic E-state index is -4.56. The summed E-state index contributed by atoms with van der Waals surface area (Å²) >= 11 is 0. The van der Waals surface area contributed by atoms with Gasteiger partial charge in [-0.25, -0.2) is 8.42 Å². The predicted molar refractivity (Wildman–Crippen MR) is 97.4 cm³/mol. The van der Waals surface area contributed by atoms with Crippen LogP contribution in [-0.2, 0) is 14.8 Å². The molecule has 0 radical (unpaired) electrons. The van der Waals surface area contributed by atoms with E-state index in [9.17, 15) is 26.4 Å². The van der Waals surface area contributed by atoms with E-state index in [2.05, 4.69) is 9.82 Å². The first-order valence-electron chi connectivity index (χ1n) is 8.15. The Labute approximate surface area is 188 Å². The second-order valence-electron chi connectivity index (χ2n) is 6.10. The molecule has 0 aliphatic carbocycles. The zero-order valence-electron chi connectivity index (χ0n) is 15.6. The van der Waals surface area contributed by atoms with E-state index in [0.29, 0.717) is 5.56 Å². The molecule has 1 unspecified atom stereocenters. The van der Waals surface area contributed by atoms with Gasteiger partial charge in [0.2, 0.25) is 0 Å². The van der Waals surface area contributed by atoms with Gasteiger partial charge in [-0.1, -0.05) is 30.3 Å². The fourth-order valence-electron chi connectivity index (χ4n) is 2.85. The molecule has 6 nitrogen and oxygen atoms in total. The molecule has 148 valence electrons. The average molecular weight is 433 g/mol. The van der Waals surface area contributed by atoms with Crippen molar-refractivity contribution in [3.8, 4) is 0 Å². The minimum Gasteiger partial charge on any atom is -0.542 e. The van der Waals surface area contributed by atoms with Gasteiger partial charge in [-0.2, -0.15) is 18.3 Å². The molecule has 1 aliphatic rings. The summed E-state index contributed by atoms with van der Waals surface area (Å²) in [4.78, 5) is 10.7. The van der Waals surface area contributed by atoms with Gasteiger partial charge < -0.3 is 9.52 Å². The zero-order valence-corrected chi connectivity index (χ0v) is 18.4. The summed E-state index contributed by atoms with van der Waals surface area (Å²) in [6.07, 6.45) is -4.89. The van der Waals surface area contributed by atoms with Crippen LogP contribution in [0.4, 0.5) is 18.9 Å². The molecule has 0 aromatic heterocycles. The van der Waals surface area contributed by atoms with Crippen molar-refractivity contribution in [2.45, 2.75) is 30.5 Å². The summed E-state index contributed by atoms with van der Waals surface area (Å²) in [5.74, 6) is -0.868. The molecule has 3 rings (SSSR count). The molecule has 0 spiro atoms. The van der Waals surface area contributed by atoms with Crippen LogP contribution in [0.15, 0.2) is 64.6 Å². The van der Waals surface area contributed by atoms with Gasteiger partial charge in [-0.3, -0.25) is 5.01 Å². The Bertz CT molecular complexity index is 1010. The van der Waals surface area contributed by atoms with Crippen LogP contribution >= 0.6 is 0 Å². The van der Waals surface area contributed by atoms with Gasteiger partial charge in [0, 0.05) is 6.42 Å². The quantitative estimate of drug-likeness (QED) is 0.678. The number of anilines is 1. The third-order valence-corrected chi connectivity index (χ3v) is 5.44. The molecule has 1 aliphatic heterocycles. The van der Waals surface area contributed by atoms with Gasteiger partial charge in [0.1, 0.15) is 15.7 Å². The molecule has 0 bridgehead atoms. The number of nitrogens with zero attached hydrogens (tertiary/aromatic N) is 3. The number of hydrogen-bond donors (Lipinski definition) is 0. The van der Waals surface area contributed by atoms with E-state index in [1.807, 2.05) is 0 Å². The smallest absolute Gasteiger partial charge is 0.542 e. The maximum atomic E-state index is 13.2. The Hall–Kier alpha value is -1.88. The van der Waals surface area contributed by atoms with E-state index in [4.69, 9.17) is 0 Å². The number of halogens is 3. The number of hydrazone groups is 1. The number of amides is 1. The molecule has 1 atom stereocenters. The Morgan fingerprint density at radius 1 is 1.10 bits per heavy atom. The predicted octanol–water partition coefficient (Wildman–Crippen LogP) is 1.17. The van der Waals surface area contributed by atoms with E-state index in [1.165, 1.54) is 29.3 Å². The van der Waals surface area contributed by atoms with Crippen LogP contribution < -0.4 is 34.6 Å². The third-order valence-electron chi connectivity index (χ3n) is 4.07. The number of alkyl halides is 3. The molecule has 1 amide bonds. The summed E-state index contributed by atoms with van der Waals surface area (Å²) in [5.41, 5.74) is 0.0216. The topological polar surface area (TPSA) is 80.9 Å². The van der Waals surface area contributed by atoms with Crippen molar-refractivity contribution in [3.63, 3.8) is 0 Å². The van der Waals surface area contributed by atoms with Crippen LogP contribution in [0.5, 0.6) is 0 Å². The molecule has 0 fully saturated rings. The van der Waals surface area contributed by atoms with Crippen LogP contribution in [0.1, 0.15) is 24.9 Å². The molecular formula is C18H15F3N3NaO3S. The van der Waals surface area contributed by atoms with Gasteiger partial charge in [0.15, 0.2) is 0 Å². The Morgan fingerprint density at radius 2 is 1.69 bits per heavy atom. The number of hydrogen-bond acceptors (Lipinski definition) is 5. The number of carbonyl (C=O) groups is 1. The molecule has 1 heterocycles. The van der Waals surface area contributed by atoms with Crippen molar-refractivity contribution in [3.05, 3.63) is 64.9 Å². The second kappa shape index (κ2) is 8.86. The fraction of sp³-hybridized carbons (Fsp3) is 0.222. The first-order chi connectivity index (χ1) is 13.1. The van der Waals surface area contributed by atoms with Crippen LogP contribution in [0.2, 0.25) is 0 Å². The van der Waals surface area contributed by atoms with Crippen LogP contribution in [0.3, 0.4) is 0 Å². The number of sulfonamides is 1. The molecule has 11 heteroatoms. The van der Waals surface area contributed by atoms with Crippen LogP contribution in [0, 0.1) is 0 Å². The van der Waals surface area contributed by atoms with Crippen LogP contribution in [0.25, 0.3) is 4.72 Å². The molecule has 0 saturated heterocycles. The van der Waals surface area contributed by atoms with Crippen molar-refractivity contribution < 1.29 is 55.9 Å². The number of benzene rings is 2. The van der Waals surface area contributed by atoms with Gasteiger partial charge >= 0.3 is 35.7 Å². The van der Waals surface area contributed by atoms with Gasteiger partial charge in [-0.15, -0.1) is 0 Å². The fourth-order valence-corrected chi connectivity index (χ4v) is 3.77. The van der Waals surface area contributed by atoms with Crippen molar-refractivity contribution >= 4 is 27.3 Å². The van der Waals surface area contributed by atoms with Crippen molar-refractivity contribution in [1.82, 2.24) is 0 Å². The Morgan fingerprint density at radius 3 is 2.21 bits per heavy atom. The molecule has 29 heavy (non-hydrogen) atoms. The summed E-state index contributed by atoms with van der Waals surface area (Å²) in [7, 11) is -4.16. The first-order valence-corrected chi connectivity index (χ1v) is 9.59. The summed E-state index contributed by atoms with van der Waals surface area (Å²) in [6, 6.07) is 13.0. The van der Waals surface area contributed by atoms with Crippen molar-refractivity contribution in [1.29, 1.82) is 0 Å². The molecule has 2 aromatic carbocycles. The molecule has 0 saturated carbocycles. The Balaban J connectivity index is 0.00000300. The molecular weight excluding hydrogens is 418 g/mol. The van der Waals surface area contributed by atoms with E-state index >= 15 is 0 Å². The first kappa shape index (κ1) is 23.4. The van der Waals surface area contributed by atoms with E-state index in [0.717, 1.165) is 6.92 Å². The summed E-state index contributed by atoms with van der Waals surface area (Å²) in [5, 5.41) is 4.94. The van der Waals surface area contributed by atoms with Crippen molar-refractivity contribution in [2.24, 2.45) is 5.10 Å².